The van der Waals surface area contributed by atoms with Crippen molar-refractivity contribution in [2.75, 3.05) is 0 Å². The lowest BCUT2D eigenvalue weighted by Crippen LogP contribution is -2.42. The van der Waals surface area contributed by atoms with Crippen molar-refractivity contribution in [1.82, 2.24) is 20.9 Å². The summed E-state index contributed by atoms with van der Waals surface area (Å²) in [7, 11) is 0. The molecule has 222 valence electrons. The third-order valence-electron chi connectivity index (χ3n) is 6.72. The highest BCUT2D eigenvalue weighted by Crippen LogP contribution is 2.12. The second kappa shape index (κ2) is 17.6. The number of carbonyl (C=O) groups excluding carboxylic acids is 4. The van der Waals surface area contributed by atoms with Crippen LogP contribution in [0.1, 0.15) is 59.1 Å². The van der Waals surface area contributed by atoms with Crippen LogP contribution in [-0.2, 0) is 58.4 Å². The lowest BCUT2D eigenvalue weighted by atomic mass is 10.1. The second-order valence-electron chi connectivity index (χ2n) is 9.90. The largest absolute Gasteiger partial charge is 0.326 e. The van der Waals surface area contributed by atoms with E-state index in [0.29, 0.717) is 39.3 Å². The van der Waals surface area contributed by atoms with Crippen molar-refractivity contribution in [3.63, 3.8) is 0 Å². The highest BCUT2D eigenvalue weighted by molar-refractivity contribution is 5.78. The minimum atomic E-state index is -0.164. The van der Waals surface area contributed by atoms with E-state index in [2.05, 4.69) is 10.9 Å². The normalized spacial score (nSPS) is 10.7. The first-order chi connectivity index (χ1) is 20.4. The van der Waals surface area contributed by atoms with Crippen molar-refractivity contribution in [3.8, 4) is 0 Å². The Labute approximate surface area is 247 Å². The fraction of sp³-hybridized carbons (Fsp3) is 0.312. The number of aldehydes is 2. The summed E-state index contributed by atoms with van der Waals surface area (Å²) in [4.78, 5) is 47.2. The van der Waals surface area contributed by atoms with Gasteiger partial charge in [-0.3, -0.25) is 19.6 Å². The van der Waals surface area contributed by atoms with E-state index in [1.54, 1.807) is 10.0 Å². The van der Waals surface area contributed by atoms with E-state index in [4.69, 9.17) is 11.5 Å². The van der Waals surface area contributed by atoms with E-state index in [1.165, 1.54) is 0 Å². The fourth-order valence-corrected chi connectivity index (χ4v) is 4.17. The van der Waals surface area contributed by atoms with Crippen LogP contribution in [0.25, 0.3) is 0 Å². The maximum absolute atomic E-state index is 12.8. The molecule has 0 saturated carbocycles. The maximum atomic E-state index is 12.8. The lowest BCUT2D eigenvalue weighted by Gasteiger charge is -2.24. The number of hydrogen-bond acceptors (Lipinski definition) is 8. The van der Waals surface area contributed by atoms with Gasteiger partial charge in [0.1, 0.15) is 12.6 Å². The van der Waals surface area contributed by atoms with Crippen molar-refractivity contribution in [3.05, 3.63) is 106 Å². The van der Waals surface area contributed by atoms with Crippen molar-refractivity contribution >= 4 is 24.4 Å². The standard InChI is InChI=1S/C32H40N6O4/c33-19-25-5-13-29(14-6-25)23-37(31(41)3-1-17-39)35-21-27-9-11-28(12-10-27)22-36-38(32(42)4-2-18-40)24-30-15-7-26(20-34)8-16-30/h5-18,35-36H,1-4,19-24,33-34H2. The zero-order valence-electron chi connectivity index (χ0n) is 23.8. The topological polar surface area (TPSA) is 151 Å². The smallest absolute Gasteiger partial charge is 0.237 e. The van der Waals surface area contributed by atoms with Crippen LogP contribution in [0, 0.1) is 0 Å². The molecule has 3 rings (SSSR count). The van der Waals surface area contributed by atoms with Crippen molar-refractivity contribution < 1.29 is 19.2 Å². The highest BCUT2D eigenvalue weighted by Gasteiger charge is 2.15. The minimum Gasteiger partial charge on any atom is -0.326 e. The second-order valence-corrected chi connectivity index (χ2v) is 9.90. The number of carbonyl (C=O) groups is 4. The van der Waals surface area contributed by atoms with E-state index < -0.39 is 0 Å². The third-order valence-corrected chi connectivity index (χ3v) is 6.72. The van der Waals surface area contributed by atoms with Crippen LogP contribution < -0.4 is 22.3 Å². The van der Waals surface area contributed by atoms with Crippen molar-refractivity contribution in [1.29, 1.82) is 0 Å². The quantitative estimate of drug-likeness (QED) is 0.134. The van der Waals surface area contributed by atoms with Crippen LogP contribution in [0.15, 0.2) is 72.8 Å². The van der Waals surface area contributed by atoms with Gasteiger partial charge in [0.2, 0.25) is 11.8 Å². The lowest BCUT2D eigenvalue weighted by molar-refractivity contribution is -0.136. The third kappa shape index (κ3) is 10.6. The Balaban J connectivity index is 1.60. The molecule has 0 saturated heterocycles. The molecule has 0 fully saturated rings. The van der Waals surface area contributed by atoms with Gasteiger partial charge in [-0.2, -0.15) is 0 Å². The molecule has 6 N–H and O–H groups in total. The zero-order chi connectivity index (χ0) is 30.2. The van der Waals surface area contributed by atoms with Crippen LogP contribution in [0.4, 0.5) is 0 Å². The summed E-state index contributed by atoms with van der Waals surface area (Å²) in [5.41, 5.74) is 23.6. The molecule has 0 aliphatic rings. The summed E-state index contributed by atoms with van der Waals surface area (Å²) in [5, 5.41) is 3.08. The Morgan fingerprint density at radius 2 is 0.857 bits per heavy atom. The summed E-state index contributed by atoms with van der Waals surface area (Å²) < 4.78 is 0. The Morgan fingerprint density at radius 1 is 0.548 bits per heavy atom. The molecule has 0 aliphatic heterocycles. The van der Waals surface area contributed by atoms with Gasteiger partial charge in [-0.1, -0.05) is 72.8 Å². The van der Waals surface area contributed by atoms with Crippen LogP contribution in [0.5, 0.6) is 0 Å². The van der Waals surface area contributed by atoms with Gasteiger partial charge >= 0.3 is 0 Å². The molecule has 0 heterocycles. The molecule has 3 aromatic carbocycles. The number of nitrogens with one attached hydrogen (secondary N) is 2. The minimum absolute atomic E-state index is 0.126. The predicted octanol–water partition coefficient (Wildman–Crippen LogP) is 2.63. The van der Waals surface area contributed by atoms with Crippen LogP contribution in [0.2, 0.25) is 0 Å². The molecule has 2 amide bonds. The first-order valence-electron chi connectivity index (χ1n) is 14.0. The molecule has 0 aliphatic carbocycles. The Kier molecular flexibility index (Phi) is 13.5. The number of rotatable bonds is 18. The molecule has 3 aromatic rings. The molecule has 42 heavy (non-hydrogen) atoms. The van der Waals surface area contributed by atoms with Crippen LogP contribution in [0.3, 0.4) is 0 Å². The SMILES string of the molecule is NCc1ccc(CN(NCc2ccc(CNN(Cc3ccc(CN)cc3)C(=O)CCC=O)cc2)C(=O)CCC=O)cc1. The van der Waals surface area contributed by atoms with Gasteiger partial charge in [0.25, 0.3) is 0 Å². The first kappa shape index (κ1) is 32.3. The van der Waals surface area contributed by atoms with E-state index >= 15 is 0 Å². The molecule has 0 aromatic heterocycles. The Hall–Kier alpha value is -4.22. The summed E-state index contributed by atoms with van der Waals surface area (Å²) in [6.45, 7) is 2.43. The van der Waals surface area contributed by atoms with Gasteiger partial charge in [0, 0.05) is 51.9 Å². The number of amides is 2. The number of hydrazine groups is 2. The number of hydrogen-bond donors (Lipinski definition) is 4. The molecule has 0 spiro atoms. The monoisotopic (exact) mass is 572 g/mol. The van der Waals surface area contributed by atoms with E-state index in [-0.39, 0.29) is 37.5 Å². The van der Waals surface area contributed by atoms with Gasteiger partial charge in [-0.25, -0.2) is 10.9 Å². The van der Waals surface area contributed by atoms with Gasteiger partial charge in [-0.05, 0) is 33.4 Å². The van der Waals surface area contributed by atoms with Gasteiger partial charge in [0.15, 0.2) is 0 Å². The fourth-order valence-electron chi connectivity index (χ4n) is 4.17. The maximum Gasteiger partial charge on any atom is 0.237 e. The molecular formula is C32H40N6O4. The van der Waals surface area contributed by atoms with Crippen molar-refractivity contribution in [2.24, 2.45) is 11.5 Å². The van der Waals surface area contributed by atoms with Crippen molar-refractivity contribution in [2.45, 2.75) is 65.0 Å². The van der Waals surface area contributed by atoms with Gasteiger partial charge in [0.05, 0.1) is 13.1 Å². The first-order valence-corrected chi connectivity index (χ1v) is 14.0. The summed E-state index contributed by atoms with van der Waals surface area (Å²) >= 11 is 0. The Morgan fingerprint density at radius 3 is 1.17 bits per heavy atom. The summed E-state index contributed by atoms with van der Waals surface area (Å²) in [5.74, 6) is -0.328. The highest BCUT2D eigenvalue weighted by atomic mass is 16.2. The molecule has 10 nitrogen and oxygen atoms in total. The number of nitrogens with zero attached hydrogens (tertiary/aromatic N) is 2. The molecule has 0 atom stereocenters. The summed E-state index contributed by atoms with van der Waals surface area (Å²) in [6, 6.07) is 23.3. The van der Waals surface area contributed by atoms with Crippen LogP contribution >= 0.6 is 0 Å². The van der Waals surface area contributed by atoms with E-state index in [1.807, 2.05) is 72.8 Å². The van der Waals surface area contributed by atoms with Crippen LogP contribution in [-0.4, -0.2) is 34.4 Å². The number of benzene rings is 3. The molecular weight excluding hydrogens is 532 g/mol. The average molecular weight is 573 g/mol. The average Bonchev–Trinajstić information content (AvgIpc) is 3.03. The van der Waals surface area contributed by atoms with E-state index in [9.17, 15) is 19.2 Å². The van der Waals surface area contributed by atoms with E-state index in [0.717, 1.165) is 46.0 Å². The zero-order valence-corrected chi connectivity index (χ0v) is 23.8. The molecule has 0 unspecified atom stereocenters. The predicted molar refractivity (Wildman–Crippen MR) is 160 cm³/mol. The summed E-state index contributed by atoms with van der Waals surface area (Å²) in [6.07, 6.45) is 2.07. The Bertz CT molecular complexity index is 1180. The molecule has 0 bridgehead atoms. The molecule has 10 heteroatoms. The van der Waals surface area contributed by atoms with Gasteiger partial charge < -0.3 is 21.1 Å². The number of nitrogens with two attached hydrogens (primary N) is 2. The molecule has 0 radical (unpaired) electrons. The van der Waals surface area contributed by atoms with Gasteiger partial charge in [-0.15, -0.1) is 0 Å².